The van der Waals surface area contributed by atoms with E-state index < -0.39 is 0 Å². The molecule has 0 saturated heterocycles. The van der Waals surface area contributed by atoms with Crippen LogP contribution in [0.3, 0.4) is 0 Å². The Bertz CT molecular complexity index is 733. The van der Waals surface area contributed by atoms with E-state index in [9.17, 15) is 4.79 Å². The van der Waals surface area contributed by atoms with Gasteiger partial charge in [-0.1, -0.05) is 48.2 Å². The lowest BCUT2D eigenvalue weighted by atomic mass is 9.78. The predicted molar refractivity (Wildman–Crippen MR) is 102 cm³/mol. The molecular formula is C20H21Cl2NO2. The first kappa shape index (κ1) is 18.1. The van der Waals surface area contributed by atoms with E-state index >= 15 is 0 Å². The highest BCUT2D eigenvalue weighted by Gasteiger charge is 2.36. The van der Waals surface area contributed by atoms with Crippen molar-refractivity contribution >= 4 is 29.1 Å². The second-order valence-electron chi connectivity index (χ2n) is 6.56. The summed E-state index contributed by atoms with van der Waals surface area (Å²) in [5, 5.41) is 4.00. The number of methoxy groups -OCH3 is 1. The zero-order valence-corrected chi connectivity index (χ0v) is 15.7. The summed E-state index contributed by atoms with van der Waals surface area (Å²) < 4.78 is 5.25. The molecule has 0 unspecified atom stereocenters. The van der Waals surface area contributed by atoms with Crippen LogP contribution < -0.4 is 10.1 Å². The van der Waals surface area contributed by atoms with E-state index in [0.29, 0.717) is 22.2 Å². The maximum Gasteiger partial charge on any atom is 0.251 e. The van der Waals surface area contributed by atoms with E-state index in [1.165, 1.54) is 18.4 Å². The fourth-order valence-corrected chi connectivity index (χ4v) is 4.13. The van der Waals surface area contributed by atoms with Crippen LogP contribution in [0, 0.1) is 0 Å². The zero-order chi connectivity index (χ0) is 17.9. The molecule has 0 aromatic heterocycles. The van der Waals surface area contributed by atoms with Crippen LogP contribution in [0.2, 0.25) is 10.0 Å². The lowest BCUT2D eigenvalue weighted by Crippen LogP contribution is -2.39. The molecular weight excluding hydrogens is 357 g/mol. The molecule has 1 N–H and O–H groups in total. The number of hydrogen-bond donors (Lipinski definition) is 1. The number of benzene rings is 2. The summed E-state index contributed by atoms with van der Waals surface area (Å²) in [6, 6.07) is 13.1. The van der Waals surface area contributed by atoms with Crippen molar-refractivity contribution in [2.24, 2.45) is 0 Å². The summed E-state index contributed by atoms with van der Waals surface area (Å²) >= 11 is 12.0. The number of halogens is 2. The minimum Gasteiger partial charge on any atom is -0.497 e. The summed E-state index contributed by atoms with van der Waals surface area (Å²) in [7, 11) is 1.66. The molecule has 2 aromatic carbocycles. The first-order valence-electron chi connectivity index (χ1n) is 8.41. The lowest BCUT2D eigenvalue weighted by molar-refractivity contribution is 0.0943. The molecule has 0 heterocycles. The van der Waals surface area contributed by atoms with Crippen molar-refractivity contribution < 1.29 is 9.53 Å². The Balaban J connectivity index is 1.76. The van der Waals surface area contributed by atoms with Crippen LogP contribution >= 0.6 is 23.2 Å². The van der Waals surface area contributed by atoms with Crippen LogP contribution in [-0.4, -0.2) is 19.6 Å². The molecule has 0 aliphatic heterocycles. The number of carbonyl (C=O) groups is 1. The summed E-state index contributed by atoms with van der Waals surface area (Å²) in [5.74, 6) is 0.693. The molecule has 0 bridgehead atoms. The Hall–Kier alpha value is -1.71. The van der Waals surface area contributed by atoms with Gasteiger partial charge in [-0.25, -0.2) is 0 Å². The van der Waals surface area contributed by atoms with Crippen LogP contribution in [0.15, 0.2) is 42.5 Å². The highest BCUT2D eigenvalue weighted by molar-refractivity contribution is 6.35. The Morgan fingerprint density at radius 1 is 1.08 bits per heavy atom. The molecule has 132 valence electrons. The van der Waals surface area contributed by atoms with Gasteiger partial charge in [0.1, 0.15) is 5.75 Å². The van der Waals surface area contributed by atoms with Crippen molar-refractivity contribution in [2.45, 2.75) is 31.1 Å². The van der Waals surface area contributed by atoms with Crippen molar-refractivity contribution in [2.75, 3.05) is 13.7 Å². The van der Waals surface area contributed by atoms with Crippen molar-refractivity contribution in [1.82, 2.24) is 5.32 Å². The van der Waals surface area contributed by atoms with E-state index in [-0.39, 0.29) is 11.3 Å². The summed E-state index contributed by atoms with van der Waals surface area (Å²) in [4.78, 5) is 12.5. The van der Waals surface area contributed by atoms with Gasteiger partial charge in [-0.05, 0) is 48.7 Å². The van der Waals surface area contributed by atoms with Crippen LogP contribution in [0.4, 0.5) is 0 Å². The van der Waals surface area contributed by atoms with Crippen molar-refractivity contribution in [1.29, 1.82) is 0 Å². The van der Waals surface area contributed by atoms with Gasteiger partial charge in [0.05, 0.1) is 7.11 Å². The topological polar surface area (TPSA) is 38.3 Å². The molecule has 0 radical (unpaired) electrons. The largest absolute Gasteiger partial charge is 0.497 e. The average molecular weight is 378 g/mol. The number of rotatable bonds is 5. The fourth-order valence-electron chi connectivity index (χ4n) is 3.60. The predicted octanol–water partition coefficient (Wildman–Crippen LogP) is 5.24. The SMILES string of the molecule is COc1ccc(C2(CNC(=O)c3cc(Cl)cc(Cl)c3)CCCC2)cc1. The molecule has 25 heavy (non-hydrogen) atoms. The van der Waals surface area contributed by atoms with Gasteiger partial charge < -0.3 is 10.1 Å². The lowest BCUT2D eigenvalue weighted by Gasteiger charge is -2.30. The van der Waals surface area contributed by atoms with E-state index in [4.69, 9.17) is 27.9 Å². The summed E-state index contributed by atoms with van der Waals surface area (Å²) in [5.41, 5.74) is 1.71. The molecule has 1 amide bonds. The quantitative estimate of drug-likeness (QED) is 0.772. The summed E-state index contributed by atoms with van der Waals surface area (Å²) in [6.45, 7) is 0.599. The number of amides is 1. The Morgan fingerprint density at radius 3 is 2.24 bits per heavy atom. The first-order valence-corrected chi connectivity index (χ1v) is 9.17. The Morgan fingerprint density at radius 2 is 1.68 bits per heavy atom. The van der Waals surface area contributed by atoms with Gasteiger partial charge in [0.15, 0.2) is 0 Å². The summed E-state index contributed by atoms with van der Waals surface area (Å²) in [6.07, 6.45) is 4.47. The van der Waals surface area contributed by atoms with Gasteiger partial charge in [-0.15, -0.1) is 0 Å². The van der Waals surface area contributed by atoms with Gasteiger partial charge in [0.25, 0.3) is 5.91 Å². The van der Waals surface area contributed by atoms with Gasteiger partial charge in [0, 0.05) is 27.6 Å². The molecule has 3 nitrogen and oxygen atoms in total. The Kier molecular flexibility index (Phi) is 5.55. The van der Waals surface area contributed by atoms with Crippen LogP contribution in [0.25, 0.3) is 0 Å². The minimum absolute atomic E-state index is 0.0235. The fraction of sp³-hybridized carbons (Fsp3) is 0.350. The molecule has 1 saturated carbocycles. The van der Waals surface area contributed by atoms with Crippen LogP contribution in [0.5, 0.6) is 5.75 Å². The third-order valence-electron chi connectivity index (χ3n) is 4.98. The Labute approximate surface area is 158 Å². The molecule has 5 heteroatoms. The van der Waals surface area contributed by atoms with E-state index in [2.05, 4.69) is 17.4 Å². The molecule has 3 rings (SSSR count). The molecule has 1 aliphatic carbocycles. The van der Waals surface area contributed by atoms with E-state index in [1.54, 1.807) is 25.3 Å². The highest BCUT2D eigenvalue weighted by Crippen LogP contribution is 2.41. The van der Waals surface area contributed by atoms with Gasteiger partial charge in [-0.2, -0.15) is 0 Å². The number of nitrogens with one attached hydrogen (secondary N) is 1. The van der Waals surface area contributed by atoms with Crippen LogP contribution in [0.1, 0.15) is 41.6 Å². The van der Waals surface area contributed by atoms with E-state index in [1.807, 2.05) is 12.1 Å². The van der Waals surface area contributed by atoms with Gasteiger partial charge in [-0.3, -0.25) is 4.79 Å². The van der Waals surface area contributed by atoms with Crippen molar-refractivity contribution in [3.8, 4) is 5.75 Å². The van der Waals surface area contributed by atoms with E-state index in [0.717, 1.165) is 18.6 Å². The third kappa shape index (κ3) is 4.10. The van der Waals surface area contributed by atoms with Gasteiger partial charge in [0.2, 0.25) is 0 Å². The minimum atomic E-state index is -0.149. The smallest absolute Gasteiger partial charge is 0.251 e. The second kappa shape index (κ2) is 7.67. The molecule has 0 spiro atoms. The van der Waals surface area contributed by atoms with Crippen molar-refractivity contribution in [3.63, 3.8) is 0 Å². The maximum absolute atomic E-state index is 12.5. The monoisotopic (exact) mass is 377 g/mol. The van der Waals surface area contributed by atoms with Crippen LogP contribution in [-0.2, 0) is 5.41 Å². The van der Waals surface area contributed by atoms with Crippen molar-refractivity contribution in [3.05, 3.63) is 63.6 Å². The number of hydrogen-bond acceptors (Lipinski definition) is 2. The second-order valence-corrected chi connectivity index (χ2v) is 7.43. The zero-order valence-electron chi connectivity index (χ0n) is 14.1. The number of carbonyl (C=O) groups excluding carboxylic acids is 1. The maximum atomic E-state index is 12.5. The molecule has 1 aliphatic rings. The normalized spacial score (nSPS) is 15.8. The highest BCUT2D eigenvalue weighted by atomic mass is 35.5. The van der Waals surface area contributed by atoms with Gasteiger partial charge >= 0.3 is 0 Å². The molecule has 0 atom stereocenters. The average Bonchev–Trinajstić information content (AvgIpc) is 3.09. The third-order valence-corrected chi connectivity index (χ3v) is 5.41. The standard InChI is InChI=1S/C20H21Cl2NO2/c1-25-18-6-4-15(5-7-18)20(8-2-3-9-20)13-23-19(24)14-10-16(21)12-17(22)11-14/h4-7,10-12H,2-3,8-9,13H2,1H3,(H,23,24). The molecule has 2 aromatic rings. The molecule has 1 fully saturated rings. The number of ether oxygens (including phenoxy) is 1. The first-order chi connectivity index (χ1) is 12.0.